The quantitative estimate of drug-likeness (QED) is 0.845. The van der Waals surface area contributed by atoms with Crippen molar-refractivity contribution in [3.8, 4) is 0 Å². The highest BCUT2D eigenvalue weighted by molar-refractivity contribution is 6.02. The maximum atomic E-state index is 11.6. The maximum Gasteiger partial charge on any atom is 0.245 e. The molecule has 0 spiro atoms. The van der Waals surface area contributed by atoms with Crippen molar-refractivity contribution in [2.75, 3.05) is 37.4 Å². The fraction of sp³-hybridized carbons (Fsp3) is 0.533. The standard InChI is InChI=1S/C15H22N4O/c1-9-7-19(8-13(9)18(2)3)10-4-5-11-12(6-10)17-15(20)14(11)16/h4-6,9,13-14H,7-8,16H2,1-3H3,(H,17,20). The van der Waals surface area contributed by atoms with E-state index in [1.165, 1.54) is 0 Å². The number of fused-ring (bicyclic) bond motifs is 1. The summed E-state index contributed by atoms with van der Waals surface area (Å²) in [5.74, 6) is 0.521. The Morgan fingerprint density at radius 1 is 1.35 bits per heavy atom. The van der Waals surface area contributed by atoms with E-state index in [4.69, 9.17) is 5.73 Å². The van der Waals surface area contributed by atoms with E-state index in [0.29, 0.717) is 12.0 Å². The molecular weight excluding hydrogens is 252 g/mol. The zero-order valence-corrected chi connectivity index (χ0v) is 12.3. The molecule has 0 saturated carbocycles. The van der Waals surface area contributed by atoms with Crippen LogP contribution >= 0.6 is 0 Å². The second kappa shape index (κ2) is 4.75. The van der Waals surface area contributed by atoms with Gasteiger partial charge in [0.2, 0.25) is 5.91 Å². The van der Waals surface area contributed by atoms with Crippen LogP contribution in [-0.2, 0) is 4.79 Å². The summed E-state index contributed by atoms with van der Waals surface area (Å²) >= 11 is 0. The summed E-state index contributed by atoms with van der Waals surface area (Å²) < 4.78 is 0. The largest absolute Gasteiger partial charge is 0.370 e. The number of nitrogens with two attached hydrogens (primary N) is 1. The fourth-order valence-corrected chi connectivity index (χ4v) is 3.30. The molecule has 1 aromatic rings. The number of anilines is 2. The number of benzene rings is 1. The van der Waals surface area contributed by atoms with Gasteiger partial charge in [0.25, 0.3) is 0 Å². The normalized spacial score (nSPS) is 28.9. The minimum Gasteiger partial charge on any atom is -0.370 e. The van der Waals surface area contributed by atoms with Gasteiger partial charge in [-0.05, 0) is 32.1 Å². The smallest absolute Gasteiger partial charge is 0.245 e. The predicted molar refractivity (Wildman–Crippen MR) is 80.9 cm³/mol. The molecule has 3 unspecified atom stereocenters. The zero-order chi connectivity index (χ0) is 14.4. The number of likely N-dealkylation sites (N-methyl/N-ethyl adjacent to an activating group) is 1. The van der Waals surface area contributed by atoms with E-state index in [2.05, 4.69) is 42.2 Å². The second-order valence-electron chi connectivity index (χ2n) is 6.15. The topological polar surface area (TPSA) is 61.6 Å². The molecule has 3 atom stereocenters. The van der Waals surface area contributed by atoms with E-state index >= 15 is 0 Å². The van der Waals surface area contributed by atoms with Gasteiger partial charge in [-0.15, -0.1) is 0 Å². The Labute approximate surface area is 119 Å². The predicted octanol–water partition coefficient (Wildman–Crippen LogP) is 1.02. The van der Waals surface area contributed by atoms with Crippen LogP contribution in [-0.4, -0.2) is 44.0 Å². The molecule has 3 rings (SSSR count). The van der Waals surface area contributed by atoms with Crippen LogP contribution in [0.2, 0.25) is 0 Å². The lowest BCUT2D eigenvalue weighted by molar-refractivity contribution is -0.116. The maximum absolute atomic E-state index is 11.6. The SMILES string of the molecule is CC1CN(c2ccc3c(c2)NC(=O)C3N)CC1N(C)C. The molecule has 2 heterocycles. The average molecular weight is 274 g/mol. The molecule has 2 aliphatic rings. The van der Waals surface area contributed by atoms with Gasteiger partial charge in [0.05, 0.1) is 0 Å². The molecular formula is C15H22N4O. The van der Waals surface area contributed by atoms with E-state index in [-0.39, 0.29) is 5.91 Å². The van der Waals surface area contributed by atoms with Gasteiger partial charge >= 0.3 is 0 Å². The number of nitrogens with one attached hydrogen (secondary N) is 1. The van der Waals surface area contributed by atoms with Gasteiger partial charge in [-0.25, -0.2) is 0 Å². The van der Waals surface area contributed by atoms with Crippen LogP contribution in [0.1, 0.15) is 18.5 Å². The highest BCUT2D eigenvalue weighted by atomic mass is 16.2. The van der Waals surface area contributed by atoms with E-state index in [0.717, 1.165) is 30.0 Å². The van der Waals surface area contributed by atoms with Gasteiger partial charge in [-0.3, -0.25) is 4.79 Å². The Kier molecular flexibility index (Phi) is 3.18. The first-order valence-corrected chi connectivity index (χ1v) is 7.09. The second-order valence-corrected chi connectivity index (χ2v) is 6.15. The van der Waals surface area contributed by atoms with E-state index in [1.54, 1.807) is 0 Å². The fourth-order valence-electron chi connectivity index (χ4n) is 3.30. The Hall–Kier alpha value is -1.59. The Balaban J connectivity index is 1.83. The molecule has 108 valence electrons. The summed E-state index contributed by atoms with van der Waals surface area (Å²) in [5, 5.41) is 2.86. The summed E-state index contributed by atoms with van der Waals surface area (Å²) in [4.78, 5) is 16.3. The molecule has 0 aromatic heterocycles. The Morgan fingerprint density at radius 3 is 2.75 bits per heavy atom. The van der Waals surface area contributed by atoms with Gasteiger partial charge in [0.1, 0.15) is 6.04 Å². The minimum absolute atomic E-state index is 0.113. The Bertz CT molecular complexity index is 543. The van der Waals surface area contributed by atoms with Gasteiger partial charge in [0.15, 0.2) is 0 Å². The van der Waals surface area contributed by atoms with Crippen molar-refractivity contribution in [2.45, 2.75) is 19.0 Å². The van der Waals surface area contributed by atoms with Crippen molar-refractivity contribution >= 4 is 17.3 Å². The number of amides is 1. The van der Waals surface area contributed by atoms with Crippen LogP contribution in [0, 0.1) is 5.92 Å². The van der Waals surface area contributed by atoms with Gasteiger partial charge in [-0.1, -0.05) is 13.0 Å². The summed E-state index contributed by atoms with van der Waals surface area (Å²) in [5.41, 5.74) is 8.77. The van der Waals surface area contributed by atoms with Crippen molar-refractivity contribution in [1.82, 2.24) is 4.90 Å². The van der Waals surface area contributed by atoms with E-state index in [1.807, 2.05) is 12.1 Å². The van der Waals surface area contributed by atoms with Crippen LogP contribution in [0.25, 0.3) is 0 Å². The van der Waals surface area contributed by atoms with Crippen LogP contribution in [0.15, 0.2) is 18.2 Å². The molecule has 0 aliphatic carbocycles. The number of nitrogens with zero attached hydrogens (tertiary/aromatic N) is 2. The Morgan fingerprint density at radius 2 is 2.10 bits per heavy atom. The lowest BCUT2D eigenvalue weighted by atomic mass is 10.1. The molecule has 2 aliphatic heterocycles. The number of hydrogen-bond donors (Lipinski definition) is 2. The lowest BCUT2D eigenvalue weighted by Gasteiger charge is -2.23. The monoisotopic (exact) mass is 274 g/mol. The third kappa shape index (κ3) is 2.07. The first-order valence-electron chi connectivity index (χ1n) is 7.09. The number of hydrogen-bond acceptors (Lipinski definition) is 4. The van der Waals surface area contributed by atoms with Crippen LogP contribution in [0.3, 0.4) is 0 Å². The number of carbonyl (C=O) groups excluding carboxylic acids is 1. The van der Waals surface area contributed by atoms with E-state index in [9.17, 15) is 4.79 Å². The van der Waals surface area contributed by atoms with Crippen molar-refractivity contribution in [2.24, 2.45) is 11.7 Å². The highest BCUT2D eigenvalue weighted by Gasteiger charge is 2.32. The van der Waals surface area contributed by atoms with Crippen molar-refractivity contribution in [3.63, 3.8) is 0 Å². The number of carbonyl (C=O) groups is 1. The molecule has 0 radical (unpaired) electrons. The average Bonchev–Trinajstić information content (AvgIpc) is 2.91. The van der Waals surface area contributed by atoms with Crippen molar-refractivity contribution in [1.29, 1.82) is 0 Å². The third-order valence-corrected chi connectivity index (χ3v) is 4.51. The number of rotatable bonds is 2. The summed E-state index contributed by atoms with van der Waals surface area (Å²) in [6.07, 6.45) is 0. The van der Waals surface area contributed by atoms with Crippen molar-refractivity contribution < 1.29 is 4.79 Å². The third-order valence-electron chi connectivity index (χ3n) is 4.51. The molecule has 20 heavy (non-hydrogen) atoms. The van der Waals surface area contributed by atoms with Crippen LogP contribution in [0.5, 0.6) is 0 Å². The molecule has 0 bridgehead atoms. The van der Waals surface area contributed by atoms with Crippen molar-refractivity contribution in [3.05, 3.63) is 23.8 Å². The van der Waals surface area contributed by atoms with Crippen LogP contribution in [0.4, 0.5) is 11.4 Å². The first kappa shape index (κ1) is 13.4. The molecule has 5 nitrogen and oxygen atoms in total. The molecule has 1 fully saturated rings. The first-order chi connectivity index (χ1) is 9.47. The lowest BCUT2D eigenvalue weighted by Crippen LogP contribution is -2.34. The van der Waals surface area contributed by atoms with Crippen LogP contribution < -0.4 is 16.0 Å². The molecule has 1 aromatic carbocycles. The molecule has 3 N–H and O–H groups in total. The molecule has 1 amide bonds. The van der Waals surface area contributed by atoms with Gasteiger partial charge < -0.3 is 20.9 Å². The summed E-state index contributed by atoms with van der Waals surface area (Å²) in [6, 6.07) is 6.14. The van der Waals surface area contributed by atoms with Gasteiger partial charge in [0, 0.05) is 36.1 Å². The molecule has 1 saturated heterocycles. The van der Waals surface area contributed by atoms with E-state index < -0.39 is 6.04 Å². The molecule has 5 heteroatoms. The van der Waals surface area contributed by atoms with Gasteiger partial charge in [-0.2, -0.15) is 0 Å². The summed E-state index contributed by atoms with van der Waals surface area (Å²) in [7, 11) is 4.26. The minimum atomic E-state index is -0.522. The zero-order valence-electron chi connectivity index (χ0n) is 12.3. The highest BCUT2D eigenvalue weighted by Crippen LogP contribution is 2.34. The summed E-state index contributed by atoms with van der Waals surface area (Å²) in [6.45, 7) is 4.35.